The summed E-state index contributed by atoms with van der Waals surface area (Å²) in [4.78, 5) is 20.3. The van der Waals surface area contributed by atoms with Crippen molar-refractivity contribution >= 4 is 6.09 Å². The number of aliphatic hydroxyl groups excluding tert-OH is 2. The van der Waals surface area contributed by atoms with Crippen molar-refractivity contribution in [1.82, 2.24) is 15.3 Å². The van der Waals surface area contributed by atoms with Gasteiger partial charge in [0.05, 0.1) is 6.10 Å². The molecule has 3 aromatic rings. The first-order chi connectivity index (χ1) is 15.0. The first-order valence-corrected chi connectivity index (χ1v) is 10.3. The number of carbonyl (C=O) groups is 1. The first-order valence-electron chi connectivity index (χ1n) is 10.3. The molecule has 160 valence electrons. The first kappa shape index (κ1) is 21.0. The highest BCUT2D eigenvalue weighted by atomic mass is 16.5. The van der Waals surface area contributed by atoms with Crippen molar-refractivity contribution in [2.24, 2.45) is 0 Å². The van der Waals surface area contributed by atoms with Gasteiger partial charge < -0.3 is 20.3 Å². The average molecular weight is 419 g/mol. The molecule has 0 radical (unpaired) electrons. The number of hydrogen-bond donors (Lipinski definition) is 3. The van der Waals surface area contributed by atoms with Crippen molar-refractivity contribution in [3.8, 4) is 11.1 Å². The van der Waals surface area contributed by atoms with Crippen molar-refractivity contribution in [2.75, 3.05) is 13.2 Å². The lowest BCUT2D eigenvalue weighted by Crippen LogP contribution is -2.31. The molecular weight excluding hydrogens is 394 g/mol. The van der Waals surface area contributed by atoms with Gasteiger partial charge in [-0.05, 0) is 41.7 Å². The van der Waals surface area contributed by atoms with Crippen LogP contribution in [0.15, 0.2) is 60.8 Å². The molecule has 1 amide bonds. The van der Waals surface area contributed by atoms with Crippen LogP contribution >= 0.6 is 0 Å². The number of aliphatic hydroxyl groups is 2. The maximum Gasteiger partial charge on any atom is 0.407 e. The number of alkyl carbamates (subject to hydrolysis) is 1. The second-order valence-corrected chi connectivity index (χ2v) is 7.61. The third-order valence-corrected chi connectivity index (χ3v) is 5.50. The molecule has 0 bridgehead atoms. The summed E-state index contributed by atoms with van der Waals surface area (Å²) in [7, 11) is 0. The Hall–Kier alpha value is -3.29. The minimum absolute atomic E-state index is 0.0102. The highest BCUT2D eigenvalue weighted by Crippen LogP contribution is 2.44. The number of ether oxygens (including phenoxy) is 1. The van der Waals surface area contributed by atoms with Gasteiger partial charge in [0.15, 0.2) is 5.82 Å². The number of benzene rings is 2. The quantitative estimate of drug-likeness (QED) is 0.544. The summed E-state index contributed by atoms with van der Waals surface area (Å²) < 4.78 is 5.46. The van der Waals surface area contributed by atoms with Crippen LogP contribution in [0.5, 0.6) is 0 Å². The van der Waals surface area contributed by atoms with Crippen LogP contribution < -0.4 is 5.32 Å². The Kier molecular flexibility index (Phi) is 6.25. The smallest absolute Gasteiger partial charge is 0.407 e. The lowest BCUT2D eigenvalue weighted by atomic mass is 9.98. The molecule has 7 heteroatoms. The van der Waals surface area contributed by atoms with Gasteiger partial charge in [0.25, 0.3) is 0 Å². The molecule has 31 heavy (non-hydrogen) atoms. The average Bonchev–Trinajstić information content (AvgIpc) is 3.11. The molecule has 2 aromatic carbocycles. The Morgan fingerprint density at radius 1 is 1.06 bits per heavy atom. The van der Waals surface area contributed by atoms with Crippen LogP contribution in [0.25, 0.3) is 11.1 Å². The number of rotatable bonds is 7. The fourth-order valence-corrected chi connectivity index (χ4v) is 3.91. The van der Waals surface area contributed by atoms with E-state index in [0.29, 0.717) is 5.69 Å². The molecule has 0 spiro atoms. The molecule has 0 aliphatic heterocycles. The Bertz CT molecular complexity index is 1030. The minimum atomic E-state index is -1.22. The van der Waals surface area contributed by atoms with Crippen LogP contribution in [-0.4, -0.2) is 45.5 Å². The van der Waals surface area contributed by atoms with Gasteiger partial charge in [0, 0.05) is 24.4 Å². The molecule has 0 saturated heterocycles. The van der Waals surface area contributed by atoms with E-state index >= 15 is 0 Å². The highest BCUT2D eigenvalue weighted by Gasteiger charge is 2.29. The summed E-state index contributed by atoms with van der Waals surface area (Å²) >= 11 is 0. The summed E-state index contributed by atoms with van der Waals surface area (Å²) in [5.41, 5.74) is 5.33. The Labute approximate surface area is 180 Å². The largest absolute Gasteiger partial charge is 0.449 e. The Balaban J connectivity index is 1.28. The number of aryl methyl sites for hydroxylation is 1. The molecule has 4 rings (SSSR count). The van der Waals surface area contributed by atoms with E-state index in [0.717, 1.165) is 11.1 Å². The molecule has 2 atom stereocenters. The zero-order valence-corrected chi connectivity index (χ0v) is 17.2. The minimum Gasteiger partial charge on any atom is -0.449 e. The zero-order chi connectivity index (χ0) is 21.8. The van der Waals surface area contributed by atoms with Crippen molar-refractivity contribution in [3.05, 3.63) is 83.4 Å². The number of amides is 1. The van der Waals surface area contributed by atoms with E-state index < -0.39 is 18.3 Å². The fraction of sp³-hybridized carbons (Fsp3) is 0.292. The van der Waals surface area contributed by atoms with Crippen LogP contribution in [0.2, 0.25) is 0 Å². The van der Waals surface area contributed by atoms with Crippen molar-refractivity contribution in [1.29, 1.82) is 0 Å². The number of carbonyl (C=O) groups excluding carboxylic acids is 1. The monoisotopic (exact) mass is 419 g/mol. The molecule has 3 N–H and O–H groups in total. The second kappa shape index (κ2) is 9.24. The van der Waals surface area contributed by atoms with E-state index in [1.807, 2.05) is 24.3 Å². The molecule has 1 aliphatic carbocycles. The van der Waals surface area contributed by atoms with Gasteiger partial charge in [-0.15, -0.1) is 0 Å². The molecule has 2 unspecified atom stereocenters. The lowest BCUT2D eigenvalue weighted by molar-refractivity contribution is 0.00837. The number of hydrogen-bond acceptors (Lipinski definition) is 6. The molecule has 7 nitrogen and oxygen atoms in total. The number of fused-ring (bicyclic) bond motifs is 3. The van der Waals surface area contributed by atoms with E-state index in [9.17, 15) is 15.0 Å². The van der Waals surface area contributed by atoms with Gasteiger partial charge in [-0.3, -0.25) is 0 Å². The summed E-state index contributed by atoms with van der Waals surface area (Å²) in [5.74, 6) is 0.151. The number of nitrogens with zero attached hydrogens (tertiary/aromatic N) is 2. The van der Waals surface area contributed by atoms with Crippen molar-refractivity contribution in [3.63, 3.8) is 0 Å². The van der Waals surface area contributed by atoms with Crippen LogP contribution in [0, 0.1) is 6.92 Å². The molecule has 1 heterocycles. The standard InChI is InChI=1S/C24H25N3O4/c1-15-10-12-25-23(27-15)22(29)21(28)11-13-26-24(30)31-14-20-18-8-4-2-6-16(18)17-7-3-5-9-19(17)20/h2-10,12,20-22,28-29H,11,13-14H2,1H3,(H,26,30). The van der Waals surface area contributed by atoms with E-state index in [1.165, 1.54) is 17.3 Å². The molecule has 1 aliphatic rings. The molecule has 0 fully saturated rings. The van der Waals surface area contributed by atoms with E-state index in [-0.39, 0.29) is 31.3 Å². The summed E-state index contributed by atoms with van der Waals surface area (Å²) in [6, 6.07) is 18.0. The topological polar surface area (TPSA) is 105 Å². The number of nitrogens with one attached hydrogen (secondary N) is 1. The zero-order valence-electron chi connectivity index (χ0n) is 17.2. The van der Waals surface area contributed by atoms with Crippen molar-refractivity contribution < 1.29 is 19.7 Å². The van der Waals surface area contributed by atoms with Crippen LogP contribution in [0.4, 0.5) is 4.79 Å². The summed E-state index contributed by atoms with van der Waals surface area (Å²) in [6.45, 7) is 2.16. The number of aromatic nitrogens is 2. The Morgan fingerprint density at radius 2 is 1.71 bits per heavy atom. The molecule has 1 aromatic heterocycles. The van der Waals surface area contributed by atoms with E-state index in [4.69, 9.17) is 4.74 Å². The maximum absolute atomic E-state index is 12.2. The Morgan fingerprint density at radius 3 is 2.35 bits per heavy atom. The predicted molar refractivity (Wildman–Crippen MR) is 115 cm³/mol. The normalized spacial score (nSPS) is 14.4. The van der Waals surface area contributed by atoms with Gasteiger partial charge >= 0.3 is 6.09 Å². The van der Waals surface area contributed by atoms with Gasteiger partial charge in [-0.25, -0.2) is 14.8 Å². The molecule has 0 saturated carbocycles. The van der Waals surface area contributed by atoms with E-state index in [1.54, 1.807) is 13.0 Å². The fourth-order valence-electron chi connectivity index (χ4n) is 3.91. The highest BCUT2D eigenvalue weighted by molar-refractivity contribution is 5.79. The predicted octanol–water partition coefficient (Wildman–Crippen LogP) is 3.11. The second-order valence-electron chi connectivity index (χ2n) is 7.61. The summed E-state index contributed by atoms with van der Waals surface area (Å²) in [5, 5.41) is 23.0. The van der Waals surface area contributed by atoms with Crippen LogP contribution in [0.3, 0.4) is 0 Å². The maximum atomic E-state index is 12.2. The lowest BCUT2D eigenvalue weighted by Gasteiger charge is -2.17. The van der Waals surface area contributed by atoms with Crippen molar-refractivity contribution in [2.45, 2.75) is 31.5 Å². The van der Waals surface area contributed by atoms with Gasteiger partial charge in [-0.1, -0.05) is 48.5 Å². The molecular formula is C24H25N3O4. The summed E-state index contributed by atoms with van der Waals surface area (Å²) in [6.07, 6.45) is -1.21. The van der Waals surface area contributed by atoms with Crippen LogP contribution in [0.1, 0.15) is 41.1 Å². The SMILES string of the molecule is Cc1ccnc(C(O)C(O)CCNC(=O)OCC2c3ccccc3-c3ccccc32)n1. The van der Waals surface area contributed by atoms with E-state index in [2.05, 4.69) is 39.6 Å². The third kappa shape index (κ3) is 4.57. The van der Waals surface area contributed by atoms with Gasteiger partial charge in [-0.2, -0.15) is 0 Å². The van der Waals surface area contributed by atoms with Gasteiger partial charge in [0.1, 0.15) is 12.7 Å². The van der Waals surface area contributed by atoms with Crippen LogP contribution in [-0.2, 0) is 4.74 Å². The third-order valence-electron chi connectivity index (χ3n) is 5.50. The van der Waals surface area contributed by atoms with Gasteiger partial charge in [0.2, 0.25) is 0 Å².